The minimum absolute atomic E-state index is 0.0164. The molecule has 1 N–H and O–H groups in total. The summed E-state index contributed by atoms with van der Waals surface area (Å²) < 4.78 is 33.3. The van der Waals surface area contributed by atoms with E-state index in [1.165, 1.54) is 44.9 Å². The first-order valence-corrected chi connectivity index (χ1v) is 23.0. The van der Waals surface area contributed by atoms with Crippen molar-refractivity contribution in [2.45, 2.75) is 148 Å². The Morgan fingerprint density at radius 1 is 0.544 bits per heavy atom. The van der Waals surface area contributed by atoms with Gasteiger partial charge in [-0.05, 0) is 104 Å². The number of phosphoric acid groups is 1. The maximum absolute atomic E-state index is 12.6. The highest BCUT2D eigenvalue weighted by atomic mass is 31.2. The third-order valence-electron chi connectivity index (χ3n) is 8.38. The molecule has 0 aliphatic carbocycles. The SMILES string of the molecule is CCCCC/C=C\C/C=C\C/C=C\C/C=C\C/C=C\CCC(=O)OCC(COP(=O)(O)OCCN(C)C)OC(=O)CCCC/C=C\C/C=C\C/C=C\CCCCC. The number of likely N-dealkylation sites (N-methyl/N-ethyl adjacent to an activating group) is 1. The predicted octanol–water partition coefficient (Wildman–Crippen LogP) is 12.4. The van der Waals surface area contributed by atoms with Gasteiger partial charge in [0.15, 0.2) is 6.10 Å². The summed E-state index contributed by atoms with van der Waals surface area (Å²) in [6.07, 6.45) is 51.9. The van der Waals surface area contributed by atoms with E-state index in [2.05, 4.69) is 98.9 Å². The maximum atomic E-state index is 12.6. The van der Waals surface area contributed by atoms with Crippen molar-refractivity contribution >= 4 is 19.8 Å². The van der Waals surface area contributed by atoms with Crippen LogP contribution in [0.3, 0.4) is 0 Å². The second kappa shape index (κ2) is 41.1. The predicted molar refractivity (Wildman–Crippen MR) is 238 cm³/mol. The highest BCUT2D eigenvalue weighted by Gasteiger charge is 2.26. The maximum Gasteiger partial charge on any atom is 0.472 e. The number of hydrogen-bond acceptors (Lipinski definition) is 8. The van der Waals surface area contributed by atoms with Gasteiger partial charge >= 0.3 is 19.8 Å². The molecule has 57 heavy (non-hydrogen) atoms. The molecule has 9 nitrogen and oxygen atoms in total. The Labute approximate surface area is 347 Å². The van der Waals surface area contributed by atoms with Gasteiger partial charge in [0.2, 0.25) is 0 Å². The van der Waals surface area contributed by atoms with Crippen molar-refractivity contribution in [1.82, 2.24) is 4.90 Å². The van der Waals surface area contributed by atoms with Crippen LogP contribution in [0.25, 0.3) is 0 Å². The molecule has 0 radical (unpaired) electrons. The number of unbranched alkanes of at least 4 members (excludes halogenated alkanes) is 8. The van der Waals surface area contributed by atoms with Gasteiger partial charge < -0.3 is 19.3 Å². The van der Waals surface area contributed by atoms with Crippen LogP contribution in [0.2, 0.25) is 0 Å². The van der Waals surface area contributed by atoms with Crippen LogP contribution in [0.15, 0.2) is 97.2 Å². The minimum Gasteiger partial charge on any atom is -0.462 e. The van der Waals surface area contributed by atoms with Crippen molar-refractivity contribution in [3.8, 4) is 0 Å². The van der Waals surface area contributed by atoms with E-state index < -0.39 is 32.5 Å². The van der Waals surface area contributed by atoms with Crippen LogP contribution in [0, 0.1) is 0 Å². The molecule has 0 fully saturated rings. The highest BCUT2D eigenvalue weighted by Crippen LogP contribution is 2.43. The van der Waals surface area contributed by atoms with Crippen LogP contribution < -0.4 is 0 Å². The summed E-state index contributed by atoms with van der Waals surface area (Å²) in [6.45, 7) is 4.10. The van der Waals surface area contributed by atoms with Gasteiger partial charge in [-0.3, -0.25) is 18.6 Å². The second-order valence-electron chi connectivity index (χ2n) is 14.2. The lowest BCUT2D eigenvalue weighted by Gasteiger charge is -2.20. The lowest BCUT2D eigenvalue weighted by molar-refractivity contribution is -0.161. The number of allylic oxidation sites excluding steroid dienone is 16. The van der Waals surface area contributed by atoms with Crippen molar-refractivity contribution in [3.05, 3.63) is 97.2 Å². The van der Waals surface area contributed by atoms with Crippen LogP contribution in [0.4, 0.5) is 0 Å². The summed E-state index contributed by atoms with van der Waals surface area (Å²) in [4.78, 5) is 36.9. The standard InChI is InChI=1S/C47H78NO8P/c1-5-7-9-11-13-15-17-19-21-22-23-24-26-27-29-31-33-35-37-39-46(49)53-43-45(44-55-57(51,52)54-42-41-48(3)4)56-47(50)40-38-36-34-32-30-28-25-20-18-16-14-12-10-8-6-2/h13-16,19-21,23-25,27,29-30,32-33,35,45H,5-12,17-18,22,26,28,31,34,36-44H2,1-4H3,(H,51,52)/b15-13-,16-14-,21-19-,24-23-,25-20-,29-27-,32-30-,35-33-. The molecule has 0 aliphatic rings. The molecule has 0 bridgehead atoms. The molecular weight excluding hydrogens is 737 g/mol. The lowest BCUT2D eigenvalue weighted by atomic mass is 10.1. The topological polar surface area (TPSA) is 112 Å². The average molecular weight is 816 g/mol. The Kier molecular flexibility index (Phi) is 38.9. The number of ether oxygens (including phenoxy) is 2. The quantitative estimate of drug-likeness (QED) is 0.0282. The molecule has 0 amide bonds. The van der Waals surface area contributed by atoms with Gasteiger partial charge in [0.25, 0.3) is 0 Å². The molecule has 10 heteroatoms. The van der Waals surface area contributed by atoms with E-state index in [-0.39, 0.29) is 26.1 Å². The van der Waals surface area contributed by atoms with Gasteiger partial charge in [-0.2, -0.15) is 0 Å². The highest BCUT2D eigenvalue weighted by molar-refractivity contribution is 7.47. The van der Waals surface area contributed by atoms with E-state index in [0.29, 0.717) is 19.4 Å². The van der Waals surface area contributed by atoms with E-state index in [0.717, 1.165) is 57.8 Å². The van der Waals surface area contributed by atoms with Crippen molar-refractivity contribution in [2.24, 2.45) is 0 Å². The molecule has 0 saturated carbocycles. The van der Waals surface area contributed by atoms with E-state index in [1.807, 2.05) is 26.2 Å². The van der Waals surface area contributed by atoms with E-state index >= 15 is 0 Å². The molecule has 0 spiro atoms. The smallest absolute Gasteiger partial charge is 0.462 e. The van der Waals surface area contributed by atoms with E-state index in [9.17, 15) is 19.0 Å². The van der Waals surface area contributed by atoms with Gasteiger partial charge in [0.1, 0.15) is 6.61 Å². The zero-order valence-electron chi connectivity index (χ0n) is 36.0. The second-order valence-corrected chi connectivity index (χ2v) is 15.6. The monoisotopic (exact) mass is 816 g/mol. The number of rotatable bonds is 38. The van der Waals surface area contributed by atoms with Crippen molar-refractivity contribution in [2.75, 3.05) is 40.5 Å². The summed E-state index contributed by atoms with van der Waals surface area (Å²) in [5.41, 5.74) is 0. The summed E-state index contributed by atoms with van der Waals surface area (Å²) >= 11 is 0. The first kappa shape index (κ1) is 53.9. The fourth-order valence-electron chi connectivity index (χ4n) is 5.03. The third kappa shape index (κ3) is 42.4. The molecular formula is C47H78NO8P. The van der Waals surface area contributed by atoms with Crippen molar-refractivity contribution in [3.63, 3.8) is 0 Å². The molecule has 2 atom stereocenters. The van der Waals surface area contributed by atoms with E-state index in [4.69, 9.17) is 18.5 Å². The van der Waals surface area contributed by atoms with Gasteiger partial charge in [-0.25, -0.2) is 4.57 Å². The third-order valence-corrected chi connectivity index (χ3v) is 9.36. The summed E-state index contributed by atoms with van der Waals surface area (Å²) in [6, 6.07) is 0. The summed E-state index contributed by atoms with van der Waals surface area (Å²) in [5.74, 6) is -0.955. The van der Waals surface area contributed by atoms with Crippen molar-refractivity contribution in [1.29, 1.82) is 0 Å². The van der Waals surface area contributed by atoms with Crippen LogP contribution >= 0.6 is 7.82 Å². The molecule has 0 saturated heterocycles. The molecule has 0 aromatic rings. The summed E-state index contributed by atoms with van der Waals surface area (Å²) in [7, 11) is -0.775. The summed E-state index contributed by atoms with van der Waals surface area (Å²) in [5, 5.41) is 0. The van der Waals surface area contributed by atoms with Crippen molar-refractivity contribution < 1.29 is 37.6 Å². The Morgan fingerprint density at radius 3 is 1.40 bits per heavy atom. The fraction of sp³-hybridized carbons (Fsp3) is 0.617. The lowest BCUT2D eigenvalue weighted by Crippen LogP contribution is -2.29. The first-order valence-electron chi connectivity index (χ1n) is 21.5. The number of hydrogen-bond donors (Lipinski definition) is 1. The normalized spacial score (nSPS) is 14.4. The van der Waals surface area contributed by atoms with Gasteiger partial charge in [0.05, 0.1) is 13.2 Å². The van der Waals surface area contributed by atoms with Crippen LogP contribution in [-0.2, 0) is 32.7 Å². The van der Waals surface area contributed by atoms with Gasteiger partial charge in [0, 0.05) is 19.4 Å². The number of carbonyl (C=O) groups excluding carboxylic acids is 2. The number of phosphoric ester groups is 1. The molecule has 0 aromatic carbocycles. The average Bonchev–Trinajstić information content (AvgIpc) is 3.18. The minimum atomic E-state index is -4.39. The van der Waals surface area contributed by atoms with Crippen LogP contribution in [0.1, 0.15) is 142 Å². The Balaban J connectivity index is 4.51. The Morgan fingerprint density at radius 2 is 0.965 bits per heavy atom. The fourth-order valence-corrected chi connectivity index (χ4v) is 5.77. The molecule has 0 heterocycles. The number of esters is 2. The largest absolute Gasteiger partial charge is 0.472 e. The Hall–Kier alpha value is -3.07. The molecule has 0 aromatic heterocycles. The molecule has 2 unspecified atom stereocenters. The molecule has 324 valence electrons. The first-order chi connectivity index (χ1) is 27.7. The number of carbonyl (C=O) groups is 2. The molecule has 0 rings (SSSR count). The number of nitrogens with zero attached hydrogens (tertiary/aromatic N) is 1. The van der Waals surface area contributed by atoms with Crippen LogP contribution in [-0.4, -0.2) is 68.3 Å². The molecule has 0 aliphatic heterocycles. The Bertz CT molecular complexity index is 1260. The van der Waals surface area contributed by atoms with Crippen LogP contribution in [0.5, 0.6) is 0 Å². The van der Waals surface area contributed by atoms with Gasteiger partial charge in [-0.1, -0.05) is 137 Å². The zero-order valence-corrected chi connectivity index (χ0v) is 36.9. The zero-order chi connectivity index (χ0) is 41.9. The van der Waals surface area contributed by atoms with Gasteiger partial charge in [-0.15, -0.1) is 0 Å². The van der Waals surface area contributed by atoms with E-state index in [1.54, 1.807) is 4.90 Å².